The first-order chi connectivity index (χ1) is 9.70. The van der Waals surface area contributed by atoms with E-state index in [0.29, 0.717) is 12.8 Å². The summed E-state index contributed by atoms with van der Waals surface area (Å²) in [6.07, 6.45) is 1.01. The summed E-state index contributed by atoms with van der Waals surface area (Å²) in [6, 6.07) is 0. The molecule has 0 aliphatic carbocycles. The summed E-state index contributed by atoms with van der Waals surface area (Å²) in [4.78, 5) is 11.3. The van der Waals surface area contributed by atoms with Crippen LogP contribution in [0.15, 0.2) is 0 Å². The van der Waals surface area contributed by atoms with Gasteiger partial charge >= 0.3 is 5.97 Å². The van der Waals surface area contributed by atoms with Crippen LogP contribution in [0.5, 0.6) is 0 Å². The Labute approximate surface area is 95.2 Å². The topological polar surface area (TPSA) is 60.8 Å². The molecule has 0 amide bonds. The summed E-state index contributed by atoms with van der Waals surface area (Å²) in [6.45, 7) is 7.49. The third kappa shape index (κ3) is 1.91. The zero-order chi connectivity index (χ0) is 17.9. The second-order valence-corrected chi connectivity index (χ2v) is 5.36. The summed E-state index contributed by atoms with van der Waals surface area (Å²) in [5.41, 5.74) is -0.943. The van der Waals surface area contributed by atoms with Gasteiger partial charge in [0, 0.05) is 20.0 Å². The first kappa shape index (κ1) is 6.80. The molecule has 0 saturated carbocycles. The van der Waals surface area contributed by atoms with Gasteiger partial charge in [0.05, 0.1) is 5.92 Å². The van der Waals surface area contributed by atoms with Crippen molar-refractivity contribution < 1.29 is 24.0 Å². The van der Waals surface area contributed by atoms with Crippen LogP contribution in [0.4, 0.5) is 0 Å². The standard InChI is InChI=1S/C10H19NO3.3H2/c1-9(2)5-7(8(12)13)6-10(3,4)11(9)14;;;/h7,14H,5-6H2,1-4H3,(H,12,13);3*1H/i;3*1+2T/hT. The van der Waals surface area contributed by atoms with Gasteiger partial charge in [-0.05, 0) is 40.5 Å². The highest BCUT2D eigenvalue weighted by molar-refractivity contribution is 5.70. The Morgan fingerprint density at radius 3 is 2.29 bits per heavy atom. The van der Waals surface area contributed by atoms with Gasteiger partial charge in [-0.1, -0.05) is 0 Å². The van der Waals surface area contributed by atoms with Crippen molar-refractivity contribution >= 4 is 5.97 Å². The molecule has 0 aromatic carbocycles. The van der Waals surface area contributed by atoms with E-state index < -0.39 is 17.0 Å². The third-order valence-corrected chi connectivity index (χ3v) is 2.97. The molecule has 1 fully saturated rings. The molecule has 0 spiro atoms. The number of piperidine rings is 1. The first-order valence-corrected chi connectivity index (χ1v) is 4.87. The van der Waals surface area contributed by atoms with E-state index in [2.05, 4.69) is 5.11 Å². The Balaban J connectivity index is -0.000000478. The minimum absolute atomic E-state index is 0.309. The zero-order valence-corrected chi connectivity index (χ0v) is 9.20. The molecule has 1 rings (SSSR count). The van der Waals surface area contributed by atoms with Gasteiger partial charge < -0.3 is 10.3 Å². The Morgan fingerprint density at radius 2 is 1.93 bits per heavy atom. The van der Waals surface area contributed by atoms with Crippen molar-refractivity contribution in [2.75, 3.05) is 0 Å². The van der Waals surface area contributed by atoms with Gasteiger partial charge in [0.25, 0.3) is 1.43 Å². The van der Waals surface area contributed by atoms with Crippen molar-refractivity contribution in [3.8, 4) is 0 Å². The highest BCUT2D eigenvalue weighted by Gasteiger charge is 2.47. The van der Waals surface area contributed by atoms with Crippen molar-refractivity contribution in [2.45, 2.75) is 51.6 Å². The van der Waals surface area contributed by atoms with Crippen LogP contribution in [-0.4, -0.2) is 32.4 Å². The lowest BCUT2D eigenvalue weighted by Gasteiger charge is -2.50. The van der Waals surface area contributed by atoms with Crippen molar-refractivity contribution in [3.05, 3.63) is 0 Å². The smallest absolute Gasteiger partial charge is 0.306 e. The van der Waals surface area contributed by atoms with E-state index in [1.165, 1.54) is 5.06 Å². The van der Waals surface area contributed by atoms with Crippen molar-refractivity contribution in [2.24, 2.45) is 5.92 Å². The van der Waals surface area contributed by atoms with E-state index in [9.17, 15) is 10.0 Å². The van der Waals surface area contributed by atoms with Crippen LogP contribution in [0.1, 0.15) is 49.4 Å². The number of carboxylic acids is 1. The summed E-state index contributed by atoms with van der Waals surface area (Å²) >= 11 is 0. The number of hydrogen-bond donors (Lipinski definition) is 2. The summed E-state index contributed by atoms with van der Waals surface area (Å²) < 4.78 is 36.6. The Kier molecular flexibility index (Phi) is 1.56. The van der Waals surface area contributed by atoms with Gasteiger partial charge in [-0.2, -0.15) is 5.06 Å². The summed E-state index contributed by atoms with van der Waals surface area (Å²) in [5, 5.41) is 15.3. The van der Waals surface area contributed by atoms with Crippen LogP contribution in [0.3, 0.4) is 0 Å². The molecule has 2 N–H and O–H groups in total. The third-order valence-electron chi connectivity index (χ3n) is 2.97. The average molecular weight is 221 g/mol. The van der Waals surface area contributed by atoms with E-state index in [0.717, 1.165) is 0 Å². The molecular weight excluding hydrogens is 182 g/mol. The van der Waals surface area contributed by atoms with Crippen molar-refractivity contribution in [3.63, 3.8) is 0 Å². The fourth-order valence-electron chi connectivity index (χ4n) is 2.44. The second kappa shape index (κ2) is 3.21. The first-order valence-electron chi connectivity index (χ1n) is 8.28. The molecule has 4 nitrogen and oxygen atoms in total. The molecule has 0 atom stereocenters. The van der Waals surface area contributed by atoms with Crippen LogP contribution in [0.2, 0.25) is 0 Å². The molecule has 0 unspecified atom stereocenters. The van der Waals surface area contributed by atoms with Crippen LogP contribution < -0.4 is 0 Å². The molecular formula is C10H25NO3. The van der Waals surface area contributed by atoms with Gasteiger partial charge in [-0.25, -0.2) is 0 Å². The number of carbonyl (C=O) groups is 1. The molecule has 0 aromatic rings. The lowest BCUT2D eigenvalue weighted by Crippen LogP contribution is -2.59. The molecule has 88 valence electrons. The fourth-order valence-corrected chi connectivity index (χ4v) is 2.44. The quantitative estimate of drug-likeness (QED) is 0.714. The number of rotatable bonds is 1. The minimum atomic E-state index is -0.510. The maximum absolute atomic E-state index is 11.3. The molecule has 0 radical (unpaired) electrons. The monoisotopic (exact) mass is 221 g/mol. The van der Waals surface area contributed by atoms with Crippen LogP contribution >= 0.6 is 0 Å². The van der Waals surface area contributed by atoms with Crippen molar-refractivity contribution in [1.82, 2.24) is 5.06 Å². The highest BCUT2D eigenvalue weighted by atomic mass is 16.5. The lowest BCUT2D eigenvalue weighted by molar-refractivity contribution is -0.251. The fraction of sp³-hybridized carbons (Fsp3) is 0.900. The van der Waals surface area contributed by atoms with Gasteiger partial charge in [-0.3, -0.25) is 4.79 Å². The van der Waals surface area contributed by atoms with E-state index in [1.54, 1.807) is 0 Å². The normalized spacial score (nSPS) is 29.9. The van der Waals surface area contributed by atoms with Crippen molar-refractivity contribution in [1.29, 1.82) is 1.43 Å². The largest absolute Gasteiger partial charge is 0.481 e. The van der Waals surface area contributed by atoms with E-state index in [4.69, 9.17) is 10.3 Å². The average Bonchev–Trinajstić information content (AvgIpc) is 2.49. The van der Waals surface area contributed by atoms with Gasteiger partial charge in [0.1, 0.15) is 0 Å². The van der Waals surface area contributed by atoms with E-state index in [1.807, 2.05) is 27.7 Å². The van der Waals surface area contributed by atoms with Gasteiger partial charge in [-0.15, -0.1) is 0 Å². The molecule has 0 aromatic heterocycles. The van der Waals surface area contributed by atoms with Gasteiger partial charge in [0.2, 0.25) is 0 Å². The molecule has 14 heavy (non-hydrogen) atoms. The highest BCUT2D eigenvalue weighted by Crippen LogP contribution is 2.39. The number of hydrogen-bond acceptors (Lipinski definition) is 4. The molecule has 1 saturated heterocycles. The van der Waals surface area contributed by atoms with E-state index in [-0.39, 0.29) is 5.92 Å². The van der Waals surface area contributed by atoms with Crippen LogP contribution in [0, 0.1) is 5.92 Å². The van der Waals surface area contributed by atoms with E-state index >= 15 is 0 Å². The number of hydroxylamine groups is 2. The summed E-state index contributed by atoms with van der Waals surface area (Å²) in [7, 11) is 0. The summed E-state index contributed by atoms with van der Waals surface area (Å²) in [5.74, 6) is -0.819. The van der Waals surface area contributed by atoms with Crippen LogP contribution in [0.25, 0.3) is 1.43 Å². The molecule has 1 aliphatic heterocycles. The predicted octanol–water partition coefficient (Wildman–Crippen LogP) is 2.47. The number of aliphatic carboxylic acids is 1. The molecule has 4 heteroatoms. The Morgan fingerprint density at radius 1 is 1.50 bits per heavy atom. The Hall–Kier alpha value is -0.610. The zero-order valence-electron chi connectivity index (χ0n) is 16.2. The molecule has 1 aliphatic rings. The molecule has 1 heterocycles. The molecule has 0 bridgehead atoms. The SMILES string of the molecule is [3H]OC(=O)C1CC(C)(C)N(O)C(C)(C)C1.[3H][3H].[3H][3H].[3H][3H]. The number of nitrogens with zero attached hydrogens (tertiary/aromatic N) is 1. The van der Waals surface area contributed by atoms with Crippen LogP contribution in [-0.2, 0) is 4.79 Å². The lowest BCUT2D eigenvalue weighted by atomic mass is 9.75. The second-order valence-electron chi connectivity index (χ2n) is 5.36. The van der Waals surface area contributed by atoms with Gasteiger partial charge in [0.15, 0.2) is 0 Å². The number of carboxylic acid groups (broad SMARTS) is 1. The minimum Gasteiger partial charge on any atom is -0.481 e. The maximum atomic E-state index is 11.3. The Bertz CT molecular complexity index is 261. The predicted molar refractivity (Wildman–Crippen MR) is 58.5 cm³/mol. The maximum Gasteiger partial charge on any atom is 0.306 e.